The molecule has 3 aromatic carbocycles. The number of fused-ring (bicyclic) bond motifs is 1. The average Bonchev–Trinajstić information content (AvgIpc) is 3.39. The summed E-state index contributed by atoms with van der Waals surface area (Å²) in [4.78, 5) is 47.4. The van der Waals surface area contributed by atoms with E-state index >= 15 is 0 Å². The molecule has 40 heavy (non-hydrogen) atoms. The first-order chi connectivity index (χ1) is 19.4. The highest BCUT2D eigenvalue weighted by molar-refractivity contribution is 8.01. The number of methoxy groups -OCH3 is 1. The van der Waals surface area contributed by atoms with Crippen molar-refractivity contribution in [1.82, 2.24) is 14.8 Å². The van der Waals surface area contributed by atoms with Gasteiger partial charge in [-0.25, -0.2) is 4.98 Å². The molecule has 1 fully saturated rings. The maximum Gasteiger partial charge on any atom is 0.256 e. The Morgan fingerprint density at radius 3 is 2.35 bits per heavy atom. The van der Waals surface area contributed by atoms with E-state index in [0.29, 0.717) is 35.6 Å². The largest absolute Gasteiger partial charge is 0.497 e. The van der Waals surface area contributed by atoms with Gasteiger partial charge in [0.1, 0.15) is 5.75 Å². The molecule has 9 nitrogen and oxygen atoms in total. The number of carbonyl (C=O) groups is 3. The van der Waals surface area contributed by atoms with E-state index in [1.807, 2.05) is 19.2 Å². The lowest BCUT2D eigenvalue weighted by Crippen LogP contribution is -2.47. The maximum atomic E-state index is 13.2. The standard InChI is InChI=1S/C29H29N5O4S2/c1-33-13-15-34(16-14-33)28(37)23-6-4-3-5-22(23)27(36)31-20-9-12-24-25(17-20)40-29(32-24)39-18-26(35)30-19-7-10-21(38-2)11-8-19/h3-12,17H,13-16,18H2,1-2H3,(H,30,35)(H,31,36). The van der Waals surface area contributed by atoms with Crippen LogP contribution in [0.15, 0.2) is 71.1 Å². The number of anilines is 2. The van der Waals surface area contributed by atoms with Gasteiger partial charge in [0, 0.05) is 37.6 Å². The highest BCUT2D eigenvalue weighted by atomic mass is 32.2. The van der Waals surface area contributed by atoms with Gasteiger partial charge in [-0.3, -0.25) is 14.4 Å². The van der Waals surface area contributed by atoms with Gasteiger partial charge < -0.3 is 25.2 Å². The summed E-state index contributed by atoms with van der Waals surface area (Å²) in [5.74, 6) is 0.335. The second kappa shape index (κ2) is 12.5. The van der Waals surface area contributed by atoms with E-state index in [2.05, 4.69) is 20.5 Å². The molecule has 1 aliphatic rings. The zero-order chi connectivity index (χ0) is 28.1. The molecule has 5 rings (SSSR count). The van der Waals surface area contributed by atoms with Crippen LogP contribution in [0.1, 0.15) is 20.7 Å². The number of carbonyl (C=O) groups excluding carboxylic acids is 3. The van der Waals surface area contributed by atoms with E-state index in [9.17, 15) is 14.4 Å². The van der Waals surface area contributed by atoms with E-state index < -0.39 is 0 Å². The van der Waals surface area contributed by atoms with Gasteiger partial charge in [-0.15, -0.1) is 11.3 Å². The van der Waals surface area contributed by atoms with Crippen LogP contribution in [0.4, 0.5) is 11.4 Å². The Morgan fingerprint density at radius 1 is 0.925 bits per heavy atom. The second-order valence-corrected chi connectivity index (χ2v) is 11.6. The van der Waals surface area contributed by atoms with Crippen LogP contribution in [-0.2, 0) is 4.79 Å². The molecule has 1 aromatic heterocycles. The van der Waals surface area contributed by atoms with Crippen molar-refractivity contribution in [2.75, 3.05) is 56.7 Å². The van der Waals surface area contributed by atoms with Gasteiger partial charge in [0.2, 0.25) is 5.91 Å². The molecule has 1 saturated heterocycles. The average molecular weight is 576 g/mol. The minimum absolute atomic E-state index is 0.130. The smallest absolute Gasteiger partial charge is 0.256 e. The third kappa shape index (κ3) is 6.61. The number of aromatic nitrogens is 1. The lowest BCUT2D eigenvalue weighted by molar-refractivity contribution is -0.113. The Morgan fingerprint density at radius 2 is 1.62 bits per heavy atom. The predicted octanol–water partition coefficient (Wildman–Crippen LogP) is 4.68. The molecule has 0 saturated carbocycles. The van der Waals surface area contributed by atoms with Crippen LogP contribution in [0.3, 0.4) is 0 Å². The van der Waals surface area contributed by atoms with E-state index in [0.717, 1.165) is 33.4 Å². The van der Waals surface area contributed by atoms with Crippen LogP contribution in [0.25, 0.3) is 10.2 Å². The Labute approximate surface area is 240 Å². The Kier molecular flexibility index (Phi) is 8.63. The summed E-state index contributed by atoms with van der Waals surface area (Å²) in [6.07, 6.45) is 0. The molecule has 3 amide bonds. The van der Waals surface area contributed by atoms with Crippen molar-refractivity contribution in [2.45, 2.75) is 4.34 Å². The summed E-state index contributed by atoms with van der Waals surface area (Å²) in [6.45, 7) is 2.89. The molecule has 11 heteroatoms. The number of hydrogen-bond acceptors (Lipinski definition) is 8. The van der Waals surface area contributed by atoms with Crippen LogP contribution in [0.5, 0.6) is 5.75 Å². The number of thiazole rings is 1. The van der Waals surface area contributed by atoms with Crippen molar-refractivity contribution in [3.8, 4) is 5.75 Å². The first-order valence-corrected chi connectivity index (χ1v) is 14.6. The van der Waals surface area contributed by atoms with Gasteiger partial charge >= 0.3 is 0 Å². The number of piperazine rings is 1. The van der Waals surface area contributed by atoms with Gasteiger partial charge in [-0.1, -0.05) is 23.9 Å². The van der Waals surface area contributed by atoms with Crippen LogP contribution in [0, 0.1) is 0 Å². The van der Waals surface area contributed by atoms with Gasteiger partial charge in [-0.05, 0) is 61.6 Å². The maximum absolute atomic E-state index is 13.2. The third-order valence-corrected chi connectivity index (χ3v) is 8.68. The topological polar surface area (TPSA) is 104 Å². The highest BCUT2D eigenvalue weighted by Gasteiger charge is 2.24. The fraction of sp³-hybridized carbons (Fsp3) is 0.241. The zero-order valence-corrected chi connectivity index (χ0v) is 23.8. The minimum Gasteiger partial charge on any atom is -0.497 e. The van der Waals surface area contributed by atoms with Gasteiger partial charge in [0.15, 0.2) is 4.34 Å². The zero-order valence-electron chi connectivity index (χ0n) is 22.2. The summed E-state index contributed by atoms with van der Waals surface area (Å²) in [5, 5.41) is 5.80. The number of hydrogen-bond donors (Lipinski definition) is 2. The Balaban J connectivity index is 1.22. The SMILES string of the molecule is COc1ccc(NC(=O)CSc2nc3ccc(NC(=O)c4ccccc4C(=O)N4CCN(C)CC4)cc3s2)cc1. The molecule has 4 aromatic rings. The summed E-state index contributed by atoms with van der Waals surface area (Å²) < 4.78 is 6.78. The van der Waals surface area contributed by atoms with Crippen molar-refractivity contribution < 1.29 is 19.1 Å². The first-order valence-electron chi connectivity index (χ1n) is 12.7. The second-order valence-electron chi connectivity index (χ2n) is 9.32. The molecule has 0 atom stereocenters. The molecule has 0 bridgehead atoms. The molecular weight excluding hydrogens is 546 g/mol. The van der Waals surface area contributed by atoms with E-state index in [1.54, 1.807) is 66.6 Å². The molecule has 1 aliphatic heterocycles. The predicted molar refractivity (Wildman–Crippen MR) is 160 cm³/mol. The molecule has 2 N–H and O–H groups in total. The molecule has 0 aliphatic carbocycles. The number of amides is 3. The number of nitrogens with one attached hydrogen (secondary N) is 2. The first kappa shape index (κ1) is 27.6. The summed E-state index contributed by atoms with van der Waals surface area (Å²) in [6, 6.07) is 19.6. The highest BCUT2D eigenvalue weighted by Crippen LogP contribution is 2.31. The van der Waals surface area contributed by atoms with E-state index in [1.165, 1.54) is 23.1 Å². The van der Waals surface area contributed by atoms with E-state index in [-0.39, 0.29) is 23.5 Å². The van der Waals surface area contributed by atoms with E-state index in [4.69, 9.17) is 4.74 Å². The van der Waals surface area contributed by atoms with Gasteiger partial charge in [0.05, 0.1) is 34.2 Å². The van der Waals surface area contributed by atoms with Crippen LogP contribution in [0.2, 0.25) is 0 Å². The van der Waals surface area contributed by atoms with Gasteiger partial charge in [-0.2, -0.15) is 0 Å². The normalized spacial score (nSPS) is 13.7. The molecular formula is C29H29N5O4S2. The van der Waals surface area contributed by atoms with Crippen LogP contribution >= 0.6 is 23.1 Å². The van der Waals surface area contributed by atoms with Crippen molar-refractivity contribution in [3.63, 3.8) is 0 Å². The van der Waals surface area contributed by atoms with Crippen molar-refractivity contribution >= 4 is 62.4 Å². The lowest BCUT2D eigenvalue weighted by Gasteiger charge is -2.32. The number of ether oxygens (including phenoxy) is 1. The summed E-state index contributed by atoms with van der Waals surface area (Å²) in [5.41, 5.74) is 2.83. The molecule has 0 spiro atoms. The number of nitrogens with zero attached hydrogens (tertiary/aromatic N) is 3. The summed E-state index contributed by atoms with van der Waals surface area (Å²) in [7, 11) is 3.63. The number of likely N-dealkylation sites (N-methyl/N-ethyl adjacent to an activating group) is 1. The fourth-order valence-electron chi connectivity index (χ4n) is 4.29. The van der Waals surface area contributed by atoms with Crippen LogP contribution in [-0.4, -0.2) is 78.6 Å². The number of rotatable bonds is 8. The molecule has 2 heterocycles. The summed E-state index contributed by atoms with van der Waals surface area (Å²) >= 11 is 2.81. The third-order valence-electron chi connectivity index (χ3n) is 6.52. The quantitative estimate of drug-likeness (QED) is 0.294. The monoisotopic (exact) mass is 575 g/mol. The Bertz CT molecular complexity index is 1530. The molecule has 0 radical (unpaired) electrons. The fourth-order valence-corrected chi connectivity index (χ4v) is 6.20. The molecule has 206 valence electrons. The Hall–Kier alpha value is -3.93. The van der Waals surface area contributed by atoms with Gasteiger partial charge in [0.25, 0.3) is 11.8 Å². The van der Waals surface area contributed by atoms with Crippen molar-refractivity contribution in [1.29, 1.82) is 0 Å². The minimum atomic E-state index is -0.341. The lowest BCUT2D eigenvalue weighted by atomic mass is 10.0. The van der Waals surface area contributed by atoms with Crippen LogP contribution < -0.4 is 15.4 Å². The molecule has 0 unspecified atom stereocenters. The number of benzene rings is 3. The van der Waals surface area contributed by atoms with Crippen molar-refractivity contribution in [2.24, 2.45) is 0 Å². The van der Waals surface area contributed by atoms with Crippen molar-refractivity contribution in [3.05, 3.63) is 77.9 Å². The number of thioether (sulfide) groups is 1.